The molecule has 1 aromatic heterocycles. The number of aryl methyl sites for hydroxylation is 1. The van der Waals surface area contributed by atoms with Crippen molar-refractivity contribution in [3.05, 3.63) is 24.2 Å². The van der Waals surface area contributed by atoms with E-state index < -0.39 is 0 Å². The second-order valence-electron chi connectivity index (χ2n) is 6.93. The summed E-state index contributed by atoms with van der Waals surface area (Å²) in [5.41, 5.74) is 0. The first-order valence-corrected chi connectivity index (χ1v) is 8.84. The van der Waals surface area contributed by atoms with Gasteiger partial charge in [-0.3, -0.25) is 0 Å². The molecule has 0 radical (unpaired) electrons. The van der Waals surface area contributed by atoms with Crippen molar-refractivity contribution < 1.29 is 4.42 Å². The van der Waals surface area contributed by atoms with E-state index in [0.29, 0.717) is 12.1 Å². The molecule has 3 heteroatoms. The van der Waals surface area contributed by atoms with Crippen LogP contribution >= 0.6 is 0 Å². The van der Waals surface area contributed by atoms with Crippen molar-refractivity contribution >= 4 is 0 Å². The largest absolute Gasteiger partial charge is 0.469 e. The normalized spacial score (nSPS) is 23.7. The zero-order chi connectivity index (χ0) is 14.5. The molecule has 1 N–H and O–H groups in total. The Hall–Kier alpha value is -0.800. The smallest absolute Gasteiger partial charge is 0.103 e. The van der Waals surface area contributed by atoms with Gasteiger partial charge >= 0.3 is 0 Å². The van der Waals surface area contributed by atoms with Crippen LogP contribution in [0.25, 0.3) is 0 Å². The van der Waals surface area contributed by atoms with E-state index in [-0.39, 0.29) is 0 Å². The van der Waals surface area contributed by atoms with Crippen molar-refractivity contribution in [3.63, 3.8) is 0 Å². The van der Waals surface area contributed by atoms with Crippen LogP contribution in [0.4, 0.5) is 0 Å². The van der Waals surface area contributed by atoms with E-state index in [4.69, 9.17) is 4.42 Å². The van der Waals surface area contributed by atoms with Crippen LogP contribution in [0.2, 0.25) is 0 Å². The monoisotopic (exact) mass is 290 g/mol. The summed E-state index contributed by atoms with van der Waals surface area (Å²) < 4.78 is 5.41. The predicted molar refractivity (Wildman–Crippen MR) is 86.5 cm³/mol. The van der Waals surface area contributed by atoms with Crippen LogP contribution in [0.5, 0.6) is 0 Å². The molecule has 0 amide bonds. The number of nitrogens with one attached hydrogen (secondary N) is 1. The van der Waals surface area contributed by atoms with Crippen molar-refractivity contribution in [2.75, 3.05) is 13.1 Å². The van der Waals surface area contributed by atoms with Gasteiger partial charge in [0.05, 0.1) is 6.26 Å². The van der Waals surface area contributed by atoms with Gasteiger partial charge in [-0.05, 0) is 64.3 Å². The third-order valence-corrected chi connectivity index (χ3v) is 5.29. The molecule has 118 valence electrons. The summed E-state index contributed by atoms with van der Waals surface area (Å²) >= 11 is 0. The van der Waals surface area contributed by atoms with Crippen LogP contribution in [0.15, 0.2) is 22.8 Å². The average Bonchev–Trinajstić information content (AvgIpc) is 3.19. The molecule has 1 aromatic rings. The number of rotatable bonds is 6. The Labute approximate surface area is 129 Å². The summed E-state index contributed by atoms with van der Waals surface area (Å²) in [5, 5.41) is 3.82. The van der Waals surface area contributed by atoms with Crippen LogP contribution in [0.3, 0.4) is 0 Å². The molecule has 2 fully saturated rings. The Morgan fingerprint density at radius 1 is 1.24 bits per heavy atom. The molecule has 1 aliphatic heterocycles. The lowest BCUT2D eigenvalue weighted by Gasteiger charge is -2.37. The van der Waals surface area contributed by atoms with Gasteiger partial charge in [0.15, 0.2) is 0 Å². The quantitative estimate of drug-likeness (QED) is 0.868. The van der Waals surface area contributed by atoms with Crippen LogP contribution in [-0.2, 0) is 6.42 Å². The molecule has 1 aliphatic carbocycles. The zero-order valence-corrected chi connectivity index (χ0v) is 13.4. The summed E-state index contributed by atoms with van der Waals surface area (Å²) in [5.74, 6) is 1.11. The number of piperidine rings is 1. The summed E-state index contributed by atoms with van der Waals surface area (Å²) in [6, 6.07) is 6.26. The highest BCUT2D eigenvalue weighted by Crippen LogP contribution is 2.26. The van der Waals surface area contributed by atoms with Crippen LogP contribution in [0, 0.1) is 0 Å². The number of hydrogen-bond acceptors (Lipinski definition) is 3. The number of hydrogen-bond donors (Lipinski definition) is 1. The van der Waals surface area contributed by atoms with Gasteiger partial charge in [-0.1, -0.05) is 12.8 Å². The van der Waals surface area contributed by atoms with Crippen molar-refractivity contribution in [2.45, 2.75) is 76.4 Å². The van der Waals surface area contributed by atoms with Gasteiger partial charge in [0.1, 0.15) is 5.76 Å². The van der Waals surface area contributed by atoms with E-state index >= 15 is 0 Å². The molecule has 2 aliphatic rings. The molecule has 1 atom stereocenters. The summed E-state index contributed by atoms with van der Waals surface area (Å²) in [4.78, 5) is 2.75. The lowest BCUT2D eigenvalue weighted by Crippen LogP contribution is -2.48. The summed E-state index contributed by atoms with van der Waals surface area (Å²) in [6.45, 7) is 4.91. The highest BCUT2D eigenvalue weighted by Gasteiger charge is 2.27. The van der Waals surface area contributed by atoms with Crippen molar-refractivity contribution in [1.82, 2.24) is 10.2 Å². The molecule has 1 unspecified atom stereocenters. The topological polar surface area (TPSA) is 28.4 Å². The maximum atomic E-state index is 5.41. The molecule has 0 aromatic carbocycles. The SMILES string of the molecule is CC(CCc1ccco1)NC1CCN(C2CCCC2)CC1. The van der Waals surface area contributed by atoms with E-state index in [1.807, 2.05) is 6.07 Å². The first-order valence-electron chi connectivity index (χ1n) is 8.84. The fourth-order valence-corrected chi connectivity index (χ4v) is 4.00. The maximum absolute atomic E-state index is 5.41. The minimum absolute atomic E-state index is 0.582. The van der Waals surface area contributed by atoms with Crippen molar-refractivity contribution in [1.29, 1.82) is 0 Å². The highest BCUT2D eigenvalue weighted by molar-refractivity contribution is 4.98. The molecule has 1 saturated carbocycles. The third kappa shape index (κ3) is 4.33. The Morgan fingerprint density at radius 2 is 2.00 bits per heavy atom. The second-order valence-corrected chi connectivity index (χ2v) is 6.93. The van der Waals surface area contributed by atoms with Gasteiger partial charge in [-0.25, -0.2) is 0 Å². The molecule has 3 rings (SSSR count). The molecular weight excluding hydrogens is 260 g/mol. The summed E-state index contributed by atoms with van der Waals surface area (Å²) in [6.07, 6.45) is 12.4. The third-order valence-electron chi connectivity index (χ3n) is 5.29. The van der Waals surface area contributed by atoms with Gasteiger partial charge in [-0.15, -0.1) is 0 Å². The molecule has 2 heterocycles. The van der Waals surface area contributed by atoms with Crippen molar-refractivity contribution in [3.8, 4) is 0 Å². The average molecular weight is 290 g/mol. The maximum Gasteiger partial charge on any atom is 0.103 e. The van der Waals surface area contributed by atoms with E-state index in [0.717, 1.165) is 24.6 Å². The first-order chi connectivity index (χ1) is 10.3. The van der Waals surface area contributed by atoms with Crippen LogP contribution in [0.1, 0.15) is 57.6 Å². The Bertz CT molecular complexity index is 389. The molecule has 0 spiro atoms. The van der Waals surface area contributed by atoms with E-state index in [1.165, 1.54) is 51.6 Å². The lowest BCUT2D eigenvalue weighted by molar-refractivity contribution is 0.141. The molecular formula is C18H30N2O. The van der Waals surface area contributed by atoms with Crippen LogP contribution in [-0.4, -0.2) is 36.1 Å². The zero-order valence-electron chi connectivity index (χ0n) is 13.4. The van der Waals surface area contributed by atoms with Gasteiger partial charge < -0.3 is 14.6 Å². The van der Waals surface area contributed by atoms with Gasteiger partial charge in [0.25, 0.3) is 0 Å². The van der Waals surface area contributed by atoms with E-state index in [1.54, 1.807) is 6.26 Å². The van der Waals surface area contributed by atoms with E-state index in [2.05, 4.69) is 23.2 Å². The number of likely N-dealkylation sites (tertiary alicyclic amines) is 1. The fraction of sp³-hybridized carbons (Fsp3) is 0.778. The molecule has 21 heavy (non-hydrogen) atoms. The minimum atomic E-state index is 0.582. The van der Waals surface area contributed by atoms with Gasteiger partial charge in [0.2, 0.25) is 0 Å². The number of furan rings is 1. The van der Waals surface area contributed by atoms with E-state index in [9.17, 15) is 0 Å². The van der Waals surface area contributed by atoms with Gasteiger partial charge in [-0.2, -0.15) is 0 Å². The Kier molecular flexibility index (Phi) is 5.37. The summed E-state index contributed by atoms with van der Waals surface area (Å²) in [7, 11) is 0. The van der Waals surface area contributed by atoms with Crippen LogP contribution < -0.4 is 5.32 Å². The second kappa shape index (κ2) is 7.46. The minimum Gasteiger partial charge on any atom is -0.469 e. The highest BCUT2D eigenvalue weighted by atomic mass is 16.3. The standard InChI is InChI=1S/C18H30N2O/c1-15(8-9-18-7-4-14-21-18)19-16-10-12-20(13-11-16)17-5-2-3-6-17/h4,7,14-17,19H,2-3,5-6,8-13H2,1H3. The molecule has 0 bridgehead atoms. The molecule has 3 nitrogen and oxygen atoms in total. The Balaban J connectivity index is 1.34. The predicted octanol–water partition coefficient (Wildman–Crippen LogP) is 3.60. The first kappa shape index (κ1) is 15.1. The fourth-order valence-electron chi connectivity index (χ4n) is 4.00. The van der Waals surface area contributed by atoms with Gasteiger partial charge in [0, 0.05) is 24.5 Å². The Morgan fingerprint density at radius 3 is 2.67 bits per heavy atom. The lowest BCUT2D eigenvalue weighted by atomic mass is 10.0. The molecule has 1 saturated heterocycles. The van der Waals surface area contributed by atoms with Crippen molar-refractivity contribution in [2.24, 2.45) is 0 Å². The number of nitrogens with zero attached hydrogens (tertiary/aromatic N) is 1.